The zero-order chi connectivity index (χ0) is 14.8. The summed E-state index contributed by atoms with van der Waals surface area (Å²) in [6.07, 6.45) is 1.69. The Hall–Kier alpha value is -2.14. The van der Waals surface area contributed by atoms with Crippen LogP contribution < -0.4 is 11.1 Å². The molecule has 1 heterocycles. The topological polar surface area (TPSA) is 84.1 Å². The quantitative estimate of drug-likeness (QED) is 0.785. The highest BCUT2D eigenvalue weighted by molar-refractivity contribution is 5.55. The van der Waals surface area contributed by atoms with E-state index in [9.17, 15) is 5.11 Å². The van der Waals surface area contributed by atoms with Crippen molar-refractivity contribution in [1.82, 2.24) is 9.97 Å². The number of aromatic nitrogens is 2. The number of nitrogen functional groups attached to an aromatic ring is 1. The number of nitrogens with one attached hydrogen (secondary N) is 1. The van der Waals surface area contributed by atoms with Crippen LogP contribution >= 0.6 is 0 Å². The van der Waals surface area contributed by atoms with Crippen molar-refractivity contribution in [2.75, 3.05) is 17.6 Å². The molecule has 1 aliphatic carbocycles. The first kappa shape index (κ1) is 13.8. The molecule has 3 rings (SSSR count). The molecule has 4 N–H and O–H groups in total. The first-order valence-corrected chi connectivity index (χ1v) is 7.26. The molecule has 1 aromatic carbocycles. The summed E-state index contributed by atoms with van der Waals surface area (Å²) in [5.74, 6) is 2.50. The summed E-state index contributed by atoms with van der Waals surface area (Å²) < 4.78 is 0. The number of hydrogen-bond donors (Lipinski definition) is 3. The van der Waals surface area contributed by atoms with Crippen LogP contribution in [0.5, 0.6) is 0 Å². The fourth-order valence-electron chi connectivity index (χ4n) is 2.23. The molecular weight excluding hydrogens is 264 g/mol. The Morgan fingerprint density at radius 3 is 2.67 bits per heavy atom. The fourth-order valence-corrected chi connectivity index (χ4v) is 2.23. The van der Waals surface area contributed by atoms with Gasteiger partial charge in [0.1, 0.15) is 17.5 Å². The molecular formula is C16H20N4O. The zero-order valence-electron chi connectivity index (χ0n) is 12.1. The highest BCUT2D eigenvalue weighted by atomic mass is 16.3. The molecule has 1 unspecified atom stereocenters. The zero-order valence-corrected chi connectivity index (χ0v) is 12.1. The van der Waals surface area contributed by atoms with Crippen LogP contribution in [0.15, 0.2) is 30.3 Å². The van der Waals surface area contributed by atoms with Crippen molar-refractivity contribution >= 4 is 11.6 Å². The Kier molecular flexibility index (Phi) is 3.75. The highest BCUT2D eigenvalue weighted by Gasteiger charge is 2.28. The number of rotatable bonds is 5. The van der Waals surface area contributed by atoms with Crippen LogP contribution in [-0.4, -0.2) is 21.6 Å². The summed E-state index contributed by atoms with van der Waals surface area (Å²) in [5, 5.41) is 13.4. The van der Waals surface area contributed by atoms with E-state index < -0.39 is 6.10 Å². The van der Waals surface area contributed by atoms with Crippen LogP contribution in [0.4, 0.5) is 11.6 Å². The average Bonchev–Trinajstić information content (AvgIpc) is 3.34. The van der Waals surface area contributed by atoms with E-state index in [1.165, 1.54) is 0 Å². The van der Waals surface area contributed by atoms with E-state index in [-0.39, 0.29) is 0 Å². The molecule has 0 amide bonds. The number of aliphatic hydroxyl groups excluding tert-OH is 1. The molecule has 0 saturated heterocycles. The van der Waals surface area contributed by atoms with Gasteiger partial charge in [0.15, 0.2) is 0 Å². The van der Waals surface area contributed by atoms with Crippen LogP contribution in [0.1, 0.15) is 41.8 Å². The largest absolute Gasteiger partial charge is 0.387 e. The Morgan fingerprint density at radius 1 is 1.29 bits per heavy atom. The van der Waals surface area contributed by atoms with E-state index >= 15 is 0 Å². The van der Waals surface area contributed by atoms with Gasteiger partial charge in [0.25, 0.3) is 0 Å². The molecule has 0 bridgehead atoms. The van der Waals surface area contributed by atoms with E-state index in [1.54, 1.807) is 0 Å². The van der Waals surface area contributed by atoms with Crippen molar-refractivity contribution < 1.29 is 5.11 Å². The Bertz CT molecular complexity index is 626. The van der Waals surface area contributed by atoms with Crippen LogP contribution in [0.2, 0.25) is 0 Å². The lowest BCUT2D eigenvalue weighted by Gasteiger charge is -2.15. The predicted octanol–water partition coefficient (Wildman–Crippen LogP) is 2.39. The van der Waals surface area contributed by atoms with Crippen molar-refractivity contribution in [3.05, 3.63) is 47.3 Å². The van der Waals surface area contributed by atoms with Gasteiger partial charge in [0.05, 0.1) is 6.10 Å². The van der Waals surface area contributed by atoms with Crippen LogP contribution in [0.3, 0.4) is 0 Å². The SMILES string of the molecule is Cc1c(N)nc(C2CC2)nc1NCC(O)c1ccccc1. The second kappa shape index (κ2) is 5.69. The molecule has 5 heteroatoms. The first-order valence-electron chi connectivity index (χ1n) is 7.26. The van der Waals surface area contributed by atoms with Crippen LogP contribution in [0, 0.1) is 6.92 Å². The Balaban J connectivity index is 1.72. The molecule has 0 radical (unpaired) electrons. The second-order valence-electron chi connectivity index (χ2n) is 5.52. The lowest BCUT2D eigenvalue weighted by Crippen LogP contribution is -2.15. The van der Waals surface area contributed by atoms with Gasteiger partial charge in [-0.05, 0) is 25.3 Å². The summed E-state index contributed by atoms with van der Waals surface area (Å²) in [6, 6.07) is 9.57. The third-order valence-electron chi connectivity index (χ3n) is 3.79. The molecule has 0 aliphatic heterocycles. The number of hydrogen-bond acceptors (Lipinski definition) is 5. The van der Waals surface area contributed by atoms with Crippen LogP contribution in [-0.2, 0) is 0 Å². The third-order valence-corrected chi connectivity index (χ3v) is 3.79. The molecule has 1 aliphatic rings. The third kappa shape index (κ3) is 3.13. The lowest BCUT2D eigenvalue weighted by atomic mass is 10.1. The monoisotopic (exact) mass is 284 g/mol. The predicted molar refractivity (Wildman–Crippen MR) is 83.0 cm³/mol. The molecule has 2 aromatic rings. The minimum atomic E-state index is -0.578. The maximum atomic E-state index is 10.2. The number of benzene rings is 1. The van der Waals surface area contributed by atoms with Crippen molar-refractivity contribution in [2.24, 2.45) is 0 Å². The molecule has 1 fully saturated rings. The molecule has 5 nitrogen and oxygen atoms in total. The molecule has 110 valence electrons. The second-order valence-corrected chi connectivity index (χ2v) is 5.52. The van der Waals surface area contributed by atoms with Gasteiger partial charge >= 0.3 is 0 Å². The highest BCUT2D eigenvalue weighted by Crippen LogP contribution is 2.39. The Morgan fingerprint density at radius 2 is 2.00 bits per heavy atom. The standard InChI is InChI=1S/C16H20N4O/c1-10-14(17)19-16(12-7-8-12)20-15(10)18-9-13(21)11-5-3-2-4-6-11/h2-6,12-13,21H,7-9H2,1H3,(H3,17,18,19,20). The summed E-state index contributed by atoms with van der Waals surface area (Å²) >= 11 is 0. The molecule has 1 aromatic heterocycles. The average molecular weight is 284 g/mol. The Labute approximate surface area is 124 Å². The fraction of sp³-hybridized carbons (Fsp3) is 0.375. The van der Waals surface area contributed by atoms with E-state index in [1.807, 2.05) is 37.3 Å². The van der Waals surface area contributed by atoms with Crippen molar-refractivity contribution in [3.8, 4) is 0 Å². The normalized spacial score (nSPS) is 15.7. The first-order chi connectivity index (χ1) is 10.1. The molecule has 1 atom stereocenters. The smallest absolute Gasteiger partial charge is 0.136 e. The maximum absolute atomic E-state index is 10.2. The molecule has 21 heavy (non-hydrogen) atoms. The van der Waals surface area contributed by atoms with E-state index in [4.69, 9.17) is 5.73 Å². The summed E-state index contributed by atoms with van der Waals surface area (Å²) in [6.45, 7) is 2.29. The molecule has 0 spiro atoms. The number of anilines is 2. The number of aliphatic hydroxyl groups is 1. The minimum absolute atomic E-state index is 0.394. The van der Waals surface area contributed by atoms with Gasteiger partial charge in [-0.3, -0.25) is 0 Å². The van der Waals surface area contributed by atoms with E-state index in [2.05, 4.69) is 15.3 Å². The van der Waals surface area contributed by atoms with Gasteiger partial charge in [-0.15, -0.1) is 0 Å². The van der Waals surface area contributed by atoms with Crippen LogP contribution in [0.25, 0.3) is 0 Å². The minimum Gasteiger partial charge on any atom is -0.387 e. The summed E-state index contributed by atoms with van der Waals surface area (Å²) in [7, 11) is 0. The van der Waals surface area contributed by atoms with Gasteiger partial charge in [-0.2, -0.15) is 0 Å². The van der Waals surface area contributed by atoms with Gasteiger partial charge in [0, 0.05) is 18.0 Å². The number of nitrogens with zero attached hydrogens (tertiary/aromatic N) is 2. The maximum Gasteiger partial charge on any atom is 0.136 e. The van der Waals surface area contributed by atoms with E-state index in [0.717, 1.165) is 35.6 Å². The number of nitrogens with two attached hydrogens (primary N) is 1. The summed E-state index contributed by atoms with van der Waals surface area (Å²) in [4.78, 5) is 8.89. The van der Waals surface area contributed by atoms with E-state index in [0.29, 0.717) is 18.3 Å². The van der Waals surface area contributed by atoms with Gasteiger partial charge in [-0.1, -0.05) is 30.3 Å². The molecule has 1 saturated carbocycles. The summed E-state index contributed by atoms with van der Waals surface area (Å²) in [5.41, 5.74) is 7.67. The van der Waals surface area contributed by atoms with Gasteiger partial charge < -0.3 is 16.2 Å². The van der Waals surface area contributed by atoms with Gasteiger partial charge in [-0.25, -0.2) is 9.97 Å². The lowest BCUT2D eigenvalue weighted by molar-refractivity contribution is 0.191. The van der Waals surface area contributed by atoms with Crippen molar-refractivity contribution in [1.29, 1.82) is 0 Å². The van der Waals surface area contributed by atoms with Crippen molar-refractivity contribution in [2.45, 2.75) is 31.8 Å². The van der Waals surface area contributed by atoms with Crippen molar-refractivity contribution in [3.63, 3.8) is 0 Å². The van der Waals surface area contributed by atoms with Gasteiger partial charge in [0.2, 0.25) is 0 Å².